The molecule has 0 aliphatic carbocycles. The Hall–Kier alpha value is -1.17. The number of hydrogen-bond acceptors (Lipinski definition) is 3. The van der Waals surface area contributed by atoms with Crippen LogP contribution in [0.5, 0.6) is 0 Å². The molecule has 0 saturated heterocycles. The molecular weight excluding hydrogens is 262 g/mol. The fourth-order valence-corrected chi connectivity index (χ4v) is 3.79. The van der Waals surface area contributed by atoms with E-state index in [1.807, 2.05) is 13.0 Å². The first-order chi connectivity index (χ1) is 8.95. The predicted molar refractivity (Wildman–Crippen MR) is 74.2 cm³/mol. The van der Waals surface area contributed by atoms with Gasteiger partial charge >= 0.3 is 0 Å². The van der Waals surface area contributed by atoms with Gasteiger partial charge in [0.25, 0.3) is 0 Å². The first-order valence-corrected chi connectivity index (χ1v) is 7.75. The van der Waals surface area contributed by atoms with E-state index in [1.165, 1.54) is 9.88 Å². The summed E-state index contributed by atoms with van der Waals surface area (Å²) < 4.78 is 26.7. The Balaban J connectivity index is 2.39. The summed E-state index contributed by atoms with van der Waals surface area (Å²) in [7, 11) is -3.47. The molecule has 1 aliphatic rings. The Kier molecular flexibility index (Phi) is 4.08. The van der Waals surface area contributed by atoms with Crippen molar-refractivity contribution in [2.24, 2.45) is 0 Å². The Morgan fingerprint density at radius 2 is 2.05 bits per heavy atom. The van der Waals surface area contributed by atoms with Gasteiger partial charge in [-0.2, -0.15) is 4.31 Å². The van der Waals surface area contributed by atoms with E-state index in [1.54, 1.807) is 25.1 Å². The molecule has 19 heavy (non-hydrogen) atoms. The fraction of sp³-hybridized carbons (Fsp3) is 0.429. The second-order valence-corrected chi connectivity index (χ2v) is 6.83. The van der Waals surface area contributed by atoms with Crippen LogP contribution < -0.4 is 0 Å². The van der Waals surface area contributed by atoms with Gasteiger partial charge in [-0.15, -0.1) is 0 Å². The fourth-order valence-electron chi connectivity index (χ4n) is 2.13. The van der Waals surface area contributed by atoms with E-state index < -0.39 is 10.0 Å². The lowest BCUT2D eigenvalue weighted by atomic mass is 10.1. The third-order valence-electron chi connectivity index (χ3n) is 3.45. The Morgan fingerprint density at radius 3 is 2.63 bits per heavy atom. The van der Waals surface area contributed by atoms with Crippen LogP contribution in [0.15, 0.2) is 34.7 Å². The molecule has 0 spiro atoms. The molecule has 0 unspecified atom stereocenters. The average molecular weight is 281 g/mol. The van der Waals surface area contributed by atoms with Gasteiger partial charge in [0.15, 0.2) is 0 Å². The maximum atomic E-state index is 12.6. The van der Waals surface area contributed by atoms with E-state index in [0.29, 0.717) is 29.1 Å². The van der Waals surface area contributed by atoms with Crippen LogP contribution in [0.3, 0.4) is 0 Å². The smallest absolute Gasteiger partial charge is 0.243 e. The standard InChI is InChI=1S/C14H19NO3S/c1-11-5-7-15(8-6-11)19(17,18)14-9-13(10-16)4-3-12(14)2/h3-5,9,16H,6-8,10H2,1-2H3. The summed E-state index contributed by atoms with van der Waals surface area (Å²) in [5.74, 6) is 0. The lowest BCUT2D eigenvalue weighted by molar-refractivity contribution is 0.281. The monoisotopic (exact) mass is 281 g/mol. The van der Waals surface area contributed by atoms with E-state index in [-0.39, 0.29) is 6.61 Å². The molecular formula is C14H19NO3S. The van der Waals surface area contributed by atoms with Crippen molar-refractivity contribution in [2.45, 2.75) is 31.8 Å². The lowest BCUT2D eigenvalue weighted by Gasteiger charge is -2.25. The van der Waals surface area contributed by atoms with Crippen molar-refractivity contribution in [3.8, 4) is 0 Å². The molecule has 0 fully saturated rings. The summed E-state index contributed by atoms with van der Waals surface area (Å²) in [6.07, 6.45) is 2.73. The Bertz CT molecular complexity index is 605. The second-order valence-electron chi connectivity index (χ2n) is 4.92. The van der Waals surface area contributed by atoms with Gasteiger partial charge in [-0.3, -0.25) is 0 Å². The first kappa shape index (κ1) is 14.2. The van der Waals surface area contributed by atoms with Crippen molar-refractivity contribution in [3.05, 3.63) is 41.0 Å². The van der Waals surface area contributed by atoms with E-state index in [9.17, 15) is 8.42 Å². The summed E-state index contributed by atoms with van der Waals surface area (Å²) in [5.41, 5.74) is 2.56. The zero-order valence-corrected chi connectivity index (χ0v) is 12.1. The number of hydrogen-bond donors (Lipinski definition) is 1. The van der Waals surface area contributed by atoms with Crippen LogP contribution in [-0.4, -0.2) is 30.9 Å². The van der Waals surface area contributed by atoms with Crippen molar-refractivity contribution in [3.63, 3.8) is 0 Å². The SMILES string of the molecule is CC1=CCN(S(=O)(=O)c2cc(CO)ccc2C)CC1. The number of aliphatic hydroxyl groups is 1. The molecule has 2 rings (SSSR count). The van der Waals surface area contributed by atoms with Gasteiger partial charge in [-0.05, 0) is 37.5 Å². The number of rotatable bonds is 3. The lowest BCUT2D eigenvalue weighted by Crippen LogP contribution is -2.35. The van der Waals surface area contributed by atoms with Crippen LogP contribution in [0, 0.1) is 6.92 Å². The summed E-state index contributed by atoms with van der Waals surface area (Å²) in [6, 6.07) is 5.05. The molecule has 1 aliphatic heterocycles. The minimum absolute atomic E-state index is 0.151. The van der Waals surface area contributed by atoms with Gasteiger partial charge in [0.2, 0.25) is 10.0 Å². The topological polar surface area (TPSA) is 57.6 Å². The van der Waals surface area contributed by atoms with Crippen molar-refractivity contribution in [1.29, 1.82) is 0 Å². The molecule has 1 aromatic carbocycles. The molecule has 0 amide bonds. The highest BCUT2D eigenvalue weighted by molar-refractivity contribution is 7.89. The van der Waals surface area contributed by atoms with Crippen LogP contribution in [0.1, 0.15) is 24.5 Å². The molecule has 1 aromatic rings. The summed E-state index contributed by atoms with van der Waals surface area (Å²) >= 11 is 0. The molecule has 5 heteroatoms. The number of benzene rings is 1. The van der Waals surface area contributed by atoms with Gasteiger partial charge in [0.05, 0.1) is 11.5 Å². The van der Waals surface area contributed by atoms with Crippen LogP contribution in [-0.2, 0) is 16.6 Å². The molecule has 0 bridgehead atoms. The second kappa shape index (κ2) is 5.45. The van der Waals surface area contributed by atoms with Crippen molar-refractivity contribution in [2.75, 3.05) is 13.1 Å². The van der Waals surface area contributed by atoms with Gasteiger partial charge in [-0.1, -0.05) is 23.8 Å². The Labute approximate surface area is 114 Å². The molecule has 104 valence electrons. The zero-order valence-electron chi connectivity index (χ0n) is 11.3. The molecule has 0 atom stereocenters. The van der Waals surface area contributed by atoms with Crippen LogP contribution in [0.25, 0.3) is 0 Å². The maximum absolute atomic E-state index is 12.6. The van der Waals surface area contributed by atoms with E-state index in [2.05, 4.69) is 0 Å². The highest BCUT2D eigenvalue weighted by Gasteiger charge is 2.26. The molecule has 0 radical (unpaired) electrons. The van der Waals surface area contributed by atoms with Gasteiger partial charge in [0, 0.05) is 13.1 Å². The zero-order chi connectivity index (χ0) is 14.0. The third-order valence-corrected chi connectivity index (χ3v) is 5.46. The first-order valence-electron chi connectivity index (χ1n) is 6.31. The molecule has 1 N–H and O–H groups in total. The van der Waals surface area contributed by atoms with Crippen molar-refractivity contribution in [1.82, 2.24) is 4.31 Å². The molecule has 1 heterocycles. The van der Waals surface area contributed by atoms with Crippen molar-refractivity contribution >= 4 is 10.0 Å². The maximum Gasteiger partial charge on any atom is 0.243 e. The third kappa shape index (κ3) is 2.88. The van der Waals surface area contributed by atoms with Gasteiger partial charge < -0.3 is 5.11 Å². The number of sulfonamides is 1. The quantitative estimate of drug-likeness (QED) is 0.860. The summed E-state index contributed by atoms with van der Waals surface area (Å²) in [4.78, 5) is 0.298. The van der Waals surface area contributed by atoms with Crippen LogP contribution in [0.2, 0.25) is 0 Å². The molecule has 0 saturated carbocycles. The summed E-state index contributed by atoms with van der Waals surface area (Å²) in [6.45, 7) is 4.59. The van der Waals surface area contributed by atoms with Crippen molar-refractivity contribution < 1.29 is 13.5 Å². The van der Waals surface area contributed by atoms with E-state index in [0.717, 1.165) is 6.42 Å². The number of aryl methyl sites for hydroxylation is 1. The Morgan fingerprint density at radius 1 is 1.32 bits per heavy atom. The number of aliphatic hydroxyl groups excluding tert-OH is 1. The highest BCUT2D eigenvalue weighted by Crippen LogP contribution is 2.24. The van der Waals surface area contributed by atoms with Gasteiger partial charge in [-0.25, -0.2) is 8.42 Å². The normalized spacial score (nSPS) is 17.3. The minimum atomic E-state index is -3.47. The minimum Gasteiger partial charge on any atom is -0.392 e. The highest BCUT2D eigenvalue weighted by atomic mass is 32.2. The van der Waals surface area contributed by atoms with Crippen LogP contribution >= 0.6 is 0 Å². The molecule has 0 aromatic heterocycles. The largest absolute Gasteiger partial charge is 0.392 e. The van der Waals surface area contributed by atoms with Gasteiger partial charge in [0.1, 0.15) is 0 Å². The number of nitrogens with zero attached hydrogens (tertiary/aromatic N) is 1. The summed E-state index contributed by atoms with van der Waals surface area (Å²) in [5, 5.41) is 9.15. The van der Waals surface area contributed by atoms with Crippen LogP contribution in [0.4, 0.5) is 0 Å². The van der Waals surface area contributed by atoms with E-state index >= 15 is 0 Å². The average Bonchev–Trinajstić information content (AvgIpc) is 2.39. The molecule has 4 nitrogen and oxygen atoms in total. The predicted octanol–water partition coefficient (Wildman–Crippen LogP) is 1.83. The van der Waals surface area contributed by atoms with E-state index in [4.69, 9.17) is 5.11 Å².